The molecule has 2 unspecified atom stereocenters. The first-order chi connectivity index (χ1) is 8.03. The number of alkyl halides is 3. The highest BCUT2D eigenvalue weighted by Crippen LogP contribution is 2.48. The second-order valence-electron chi connectivity index (χ2n) is 6.55. The monoisotopic (exact) mass is 265 g/mol. The van der Waals surface area contributed by atoms with Crippen molar-refractivity contribution in [3.05, 3.63) is 0 Å². The molecule has 108 valence electrons. The van der Waals surface area contributed by atoms with Crippen molar-refractivity contribution in [1.29, 1.82) is 0 Å². The van der Waals surface area contributed by atoms with E-state index in [0.717, 1.165) is 18.0 Å². The Morgan fingerprint density at radius 3 is 1.72 bits per heavy atom. The highest BCUT2D eigenvalue weighted by atomic mass is 19.4. The van der Waals surface area contributed by atoms with E-state index in [9.17, 15) is 13.2 Å². The van der Waals surface area contributed by atoms with Crippen LogP contribution in [0.2, 0.25) is 0 Å². The Kier molecular flexibility index (Phi) is 4.74. The highest BCUT2D eigenvalue weighted by Gasteiger charge is 2.45. The molecule has 0 aromatic carbocycles. The first kappa shape index (κ1) is 15.8. The Balaban J connectivity index is 0.000000280. The summed E-state index contributed by atoms with van der Waals surface area (Å²) in [5.74, 6) is 0.851. The molecule has 2 aliphatic rings. The van der Waals surface area contributed by atoms with Crippen LogP contribution in [-0.2, 0) is 0 Å². The van der Waals surface area contributed by atoms with E-state index < -0.39 is 6.18 Å². The number of hydrogen-bond donors (Lipinski definition) is 0. The maximum atomic E-state index is 10.4. The van der Waals surface area contributed by atoms with Gasteiger partial charge in [0, 0.05) is 19.0 Å². The van der Waals surface area contributed by atoms with Gasteiger partial charge in [-0.25, -0.2) is 0 Å². The summed E-state index contributed by atoms with van der Waals surface area (Å²) in [5.41, 5.74) is 0.623. The summed E-state index contributed by atoms with van der Waals surface area (Å²) in [7, 11) is 2.32. The van der Waals surface area contributed by atoms with E-state index in [2.05, 4.69) is 32.7 Å². The smallest absolute Gasteiger partial charge is 0.300 e. The van der Waals surface area contributed by atoms with E-state index >= 15 is 0 Å². The minimum atomic E-state index is -4.00. The number of fused-ring (bicyclic) bond motifs is 2. The summed E-state index contributed by atoms with van der Waals surface area (Å²) < 4.78 is 31.1. The Bertz CT molecular complexity index is 253. The van der Waals surface area contributed by atoms with E-state index in [-0.39, 0.29) is 6.92 Å². The normalized spacial score (nSPS) is 36.5. The molecule has 2 fully saturated rings. The Morgan fingerprint density at radius 1 is 1.11 bits per heavy atom. The molecule has 0 saturated carbocycles. The zero-order chi connectivity index (χ0) is 14.1. The summed E-state index contributed by atoms with van der Waals surface area (Å²) in [5, 5.41) is 0. The Morgan fingerprint density at radius 2 is 1.44 bits per heavy atom. The summed E-state index contributed by atoms with van der Waals surface area (Å²) >= 11 is 0. The van der Waals surface area contributed by atoms with Crippen LogP contribution < -0.4 is 0 Å². The van der Waals surface area contributed by atoms with Crippen LogP contribution in [0.1, 0.15) is 53.4 Å². The first-order valence-electron chi connectivity index (χ1n) is 6.81. The van der Waals surface area contributed by atoms with Crippen LogP contribution in [0.3, 0.4) is 0 Å². The zero-order valence-electron chi connectivity index (χ0n) is 12.1. The molecule has 18 heavy (non-hydrogen) atoms. The van der Waals surface area contributed by atoms with E-state index in [1.807, 2.05) is 0 Å². The minimum Gasteiger partial charge on any atom is -0.300 e. The molecule has 2 saturated heterocycles. The molecule has 0 aromatic heterocycles. The van der Waals surface area contributed by atoms with Crippen molar-refractivity contribution in [3.63, 3.8) is 0 Å². The molecule has 0 N–H and O–H groups in total. The van der Waals surface area contributed by atoms with Gasteiger partial charge in [-0.05, 0) is 44.1 Å². The summed E-state index contributed by atoms with van der Waals surface area (Å²) in [6.07, 6.45) is 1.75. The van der Waals surface area contributed by atoms with Crippen LogP contribution >= 0.6 is 0 Å². The van der Waals surface area contributed by atoms with Crippen LogP contribution in [0, 0.1) is 11.3 Å². The molecule has 2 rings (SSSR count). The molecule has 1 nitrogen and oxygen atoms in total. The lowest BCUT2D eigenvalue weighted by Crippen LogP contribution is -2.46. The fourth-order valence-electron chi connectivity index (χ4n) is 3.21. The molecule has 2 atom stereocenters. The Labute approximate surface area is 109 Å². The van der Waals surface area contributed by atoms with Crippen LogP contribution in [0.25, 0.3) is 0 Å². The van der Waals surface area contributed by atoms with Gasteiger partial charge in [0.2, 0.25) is 0 Å². The molecule has 0 aliphatic carbocycles. The molecule has 0 amide bonds. The second-order valence-corrected chi connectivity index (χ2v) is 6.55. The van der Waals surface area contributed by atoms with Gasteiger partial charge in [-0.3, -0.25) is 0 Å². The number of halogens is 3. The van der Waals surface area contributed by atoms with Gasteiger partial charge in [0.15, 0.2) is 0 Å². The predicted octanol–water partition coefficient (Wildman–Crippen LogP) is 4.47. The number of nitrogens with zero attached hydrogens (tertiary/aromatic N) is 1. The van der Waals surface area contributed by atoms with Crippen molar-refractivity contribution in [2.24, 2.45) is 11.3 Å². The first-order valence-corrected chi connectivity index (χ1v) is 6.81. The summed E-state index contributed by atoms with van der Waals surface area (Å²) in [6.45, 7) is 7.47. The van der Waals surface area contributed by atoms with Crippen molar-refractivity contribution in [2.45, 2.75) is 71.6 Å². The number of rotatable bonds is 1. The third kappa shape index (κ3) is 4.15. The van der Waals surface area contributed by atoms with Gasteiger partial charge >= 0.3 is 6.18 Å². The zero-order valence-corrected chi connectivity index (χ0v) is 12.1. The molecule has 0 spiro atoms. The third-order valence-electron chi connectivity index (χ3n) is 4.78. The molecule has 2 heterocycles. The minimum absolute atomic E-state index is 0.188. The molecular formula is C14H26F3N. The molecular weight excluding hydrogens is 239 g/mol. The van der Waals surface area contributed by atoms with Crippen molar-refractivity contribution in [1.82, 2.24) is 4.90 Å². The maximum Gasteiger partial charge on any atom is 0.386 e. The van der Waals surface area contributed by atoms with Gasteiger partial charge in [0.1, 0.15) is 0 Å². The van der Waals surface area contributed by atoms with Crippen molar-refractivity contribution >= 4 is 0 Å². The van der Waals surface area contributed by atoms with Crippen molar-refractivity contribution in [3.8, 4) is 0 Å². The topological polar surface area (TPSA) is 3.24 Å². The quantitative estimate of drug-likeness (QED) is 0.676. The van der Waals surface area contributed by atoms with E-state index in [0.29, 0.717) is 5.41 Å². The maximum absolute atomic E-state index is 10.4. The third-order valence-corrected chi connectivity index (χ3v) is 4.78. The summed E-state index contributed by atoms with van der Waals surface area (Å²) in [6, 6.07) is 1.79. The average Bonchev–Trinajstić information content (AvgIpc) is 2.42. The van der Waals surface area contributed by atoms with Gasteiger partial charge in [-0.1, -0.05) is 20.8 Å². The lowest BCUT2D eigenvalue weighted by atomic mass is 9.69. The number of hydrogen-bond acceptors (Lipinski definition) is 1. The highest BCUT2D eigenvalue weighted by molar-refractivity contribution is 4.99. The summed E-state index contributed by atoms with van der Waals surface area (Å²) in [4.78, 5) is 2.63. The van der Waals surface area contributed by atoms with Crippen LogP contribution in [0.4, 0.5) is 13.2 Å². The standard InChI is InChI=1S/C12H23N.C2H3F3/c1-9(2)12(3)7-10-5-6-11(8-12)13(10)4;1-2(3,4)5/h9-11H,5-8H2,1-4H3;1H3. The fourth-order valence-corrected chi connectivity index (χ4v) is 3.21. The van der Waals surface area contributed by atoms with Crippen LogP contribution in [0.15, 0.2) is 0 Å². The lowest BCUT2D eigenvalue weighted by Gasteiger charge is -2.45. The van der Waals surface area contributed by atoms with Gasteiger partial charge in [-0.2, -0.15) is 13.2 Å². The second kappa shape index (κ2) is 5.40. The van der Waals surface area contributed by atoms with Gasteiger partial charge in [0.25, 0.3) is 0 Å². The van der Waals surface area contributed by atoms with E-state index in [4.69, 9.17) is 0 Å². The molecule has 2 bridgehead atoms. The molecule has 2 aliphatic heterocycles. The molecule has 0 aromatic rings. The van der Waals surface area contributed by atoms with Crippen LogP contribution in [0.5, 0.6) is 0 Å². The lowest BCUT2D eigenvalue weighted by molar-refractivity contribution is -0.110. The number of piperidine rings is 1. The largest absolute Gasteiger partial charge is 0.386 e. The van der Waals surface area contributed by atoms with E-state index in [1.54, 1.807) is 0 Å². The van der Waals surface area contributed by atoms with Crippen LogP contribution in [-0.4, -0.2) is 30.2 Å². The molecule has 4 heteroatoms. The van der Waals surface area contributed by atoms with Gasteiger partial charge in [-0.15, -0.1) is 0 Å². The SMILES string of the molecule is CC(C)C1(C)CC2CCC(C1)N2C.CC(F)(F)F. The van der Waals surface area contributed by atoms with Crippen molar-refractivity contribution in [2.75, 3.05) is 7.05 Å². The van der Waals surface area contributed by atoms with Gasteiger partial charge < -0.3 is 4.90 Å². The average molecular weight is 265 g/mol. The predicted molar refractivity (Wildman–Crippen MR) is 68.5 cm³/mol. The fraction of sp³-hybridized carbons (Fsp3) is 1.00. The molecule has 0 radical (unpaired) electrons. The van der Waals surface area contributed by atoms with Crippen molar-refractivity contribution < 1.29 is 13.2 Å². The Hall–Kier alpha value is -0.250. The van der Waals surface area contributed by atoms with Gasteiger partial charge in [0.05, 0.1) is 0 Å². The van der Waals surface area contributed by atoms with E-state index in [1.165, 1.54) is 25.7 Å².